The number of methoxy groups -OCH3 is 1. The Hall–Kier alpha value is -3.36. The van der Waals surface area contributed by atoms with Gasteiger partial charge in [0.05, 0.1) is 22.6 Å². The molecule has 2 aromatic carbocycles. The Bertz CT molecular complexity index is 1420. The van der Waals surface area contributed by atoms with Crippen molar-refractivity contribution in [3.05, 3.63) is 51.3 Å². The quantitative estimate of drug-likeness (QED) is 0.244. The maximum atomic E-state index is 12.9. The van der Waals surface area contributed by atoms with E-state index in [1.54, 1.807) is 13.8 Å². The third-order valence-corrected chi connectivity index (χ3v) is 7.47. The molecular formula is C24H23BrN2O9S2. The summed E-state index contributed by atoms with van der Waals surface area (Å²) in [6, 6.07) is 8.31. The minimum absolute atomic E-state index is 0.0313. The van der Waals surface area contributed by atoms with Crippen LogP contribution in [0.15, 0.2) is 50.7 Å². The average molecular weight is 627 g/mol. The first-order valence-electron chi connectivity index (χ1n) is 10.9. The Labute approximate surface area is 231 Å². The fourth-order valence-corrected chi connectivity index (χ4v) is 5.63. The average Bonchev–Trinajstić information content (AvgIpc) is 3.07. The van der Waals surface area contributed by atoms with Gasteiger partial charge in [0.25, 0.3) is 11.1 Å². The van der Waals surface area contributed by atoms with Gasteiger partial charge in [0.1, 0.15) is 11.4 Å². The zero-order chi connectivity index (χ0) is 28.2. The molecule has 1 saturated heterocycles. The van der Waals surface area contributed by atoms with Crippen LogP contribution in [0.4, 0.5) is 10.5 Å². The second-order valence-electron chi connectivity index (χ2n) is 8.08. The molecule has 1 aliphatic heterocycles. The molecule has 2 aromatic rings. The minimum Gasteiger partial charge on any atom is -0.493 e. The van der Waals surface area contributed by atoms with Crippen LogP contribution in [0.1, 0.15) is 26.3 Å². The fraction of sp³-hybridized carbons (Fsp3) is 0.250. The van der Waals surface area contributed by atoms with Crippen LogP contribution in [0.5, 0.6) is 11.5 Å². The first-order valence-corrected chi connectivity index (χ1v) is 14.0. The van der Waals surface area contributed by atoms with Gasteiger partial charge in [-0.15, -0.1) is 0 Å². The van der Waals surface area contributed by atoms with Gasteiger partial charge >= 0.3 is 16.1 Å². The number of amides is 3. The van der Waals surface area contributed by atoms with Crippen LogP contribution in [-0.4, -0.2) is 56.1 Å². The Morgan fingerprint density at radius 2 is 1.82 bits per heavy atom. The van der Waals surface area contributed by atoms with E-state index < -0.39 is 39.9 Å². The minimum atomic E-state index is -4.28. The molecular weight excluding hydrogens is 604 g/mol. The number of imide groups is 1. The molecule has 0 radical (unpaired) electrons. The van der Waals surface area contributed by atoms with Crippen molar-refractivity contribution in [1.29, 1.82) is 0 Å². The van der Waals surface area contributed by atoms with Crippen LogP contribution in [0.25, 0.3) is 6.08 Å². The molecule has 0 saturated carbocycles. The number of benzene rings is 2. The largest absolute Gasteiger partial charge is 0.493 e. The summed E-state index contributed by atoms with van der Waals surface area (Å²) in [6.07, 6.45) is 1.01. The van der Waals surface area contributed by atoms with Crippen molar-refractivity contribution in [3.8, 4) is 11.5 Å². The molecule has 0 bridgehead atoms. The molecule has 1 heterocycles. The van der Waals surface area contributed by atoms with Crippen LogP contribution >= 0.6 is 27.7 Å². The summed E-state index contributed by atoms with van der Waals surface area (Å²) < 4.78 is 41.6. The lowest BCUT2D eigenvalue weighted by molar-refractivity contribution is -0.149. The highest BCUT2D eigenvalue weighted by atomic mass is 79.9. The predicted molar refractivity (Wildman–Crippen MR) is 143 cm³/mol. The molecule has 1 fully saturated rings. The Balaban J connectivity index is 1.84. The number of nitrogens with zero attached hydrogens (tertiary/aromatic N) is 1. The molecule has 0 aromatic heterocycles. The number of anilines is 1. The van der Waals surface area contributed by atoms with Gasteiger partial charge in [-0.05, 0) is 89.6 Å². The van der Waals surface area contributed by atoms with Gasteiger partial charge in [0.15, 0.2) is 11.5 Å². The highest BCUT2D eigenvalue weighted by molar-refractivity contribution is 9.10. The maximum absolute atomic E-state index is 12.9. The molecule has 0 spiro atoms. The number of nitrogens with one attached hydrogen (secondary N) is 1. The van der Waals surface area contributed by atoms with Crippen molar-refractivity contribution in [2.45, 2.75) is 31.8 Å². The monoisotopic (exact) mass is 626 g/mol. The Morgan fingerprint density at radius 1 is 1.16 bits per heavy atom. The van der Waals surface area contributed by atoms with Crippen LogP contribution in [-0.2, 0) is 29.2 Å². The SMILES string of the molecule is COc1cc(/C=C2\SC(=O)N(CC(=O)OC(C)C)C2=O)cc(Br)c1OS(=O)(=O)c1ccc(NC(C)=O)cc1. The van der Waals surface area contributed by atoms with E-state index >= 15 is 0 Å². The molecule has 202 valence electrons. The lowest BCUT2D eigenvalue weighted by atomic mass is 10.2. The third-order valence-electron chi connectivity index (χ3n) is 4.73. The van der Waals surface area contributed by atoms with E-state index in [2.05, 4.69) is 21.2 Å². The smallest absolute Gasteiger partial charge is 0.339 e. The van der Waals surface area contributed by atoms with Crippen LogP contribution < -0.4 is 14.2 Å². The molecule has 3 amide bonds. The van der Waals surface area contributed by atoms with Gasteiger partial charge in [0.2, 0.25) is 5.91 Å². The summed E-state index contributed by atoms with van der Waals surface area (Å²) >= 11 is 3.92. The van der Waals surface area contributed by atoms with Gasteiger partial charge in [-0.25, -0.2) is 0 Å². The molecule has 3 rings (SSSR count). The number of hydrogen-bond donors (Lipinski definition) is 1. The normalized spacial score (nSPS) is 14.7. The van der Waals surface area contributed by atoms with Gasteiger partial charge in [-0.2, -0.15) is 8.42 Å². The molecule has 0 atom stereocenters. The van der Waals surface area contributed by atoms with E-state index in [1.807, 2.05) is 0 Å². The van der Waals surface area contributed by atoms with E-state index in [4.69, 9.17) is 13.7 Å². The van der Waals surface area contributed by atoms with Gasteiger partial charge in [0, 0.05) is 12.6 Å². The molecule has 38 heavy (non-hydrogen) atoms. The maximum Gasteiger partial charge on any atom is 0.339 e. The standard InChI is InChI=1S/C24H23BrN2O9S2/c1-13(2)35-21(29)12-27-23(30)20(37-24(27)31)11-15-9-18(25)22(19(10-15)34-4)36-38(32,33)17-7-5-16(6-8-17)26-14(3)28/h5-11,13H,12H2,1-4H3,(H,26,28)/b20-11-. The zero-order valence-electron chi connectivity index (χ0n) is 20.6. The number of carbonyl (C=O) groups is 4. The number of carbonyl (C=O) groups excluding carboxylic acids is 4. The Morgan fingerprint density at radius 3 is 2.39 bits per heavy atom. The molecule has 1 N–H and O–H groups in total. The van der Waals surface area contributed by atoms with Crippen molar-refractivity contribution in [2.75, 3.05) is 19.0 Å². The van der Waals surface area contributed by atoms with E-state index in [9.17, 15) is 27.6 Å². The van der Waals surface area contributed by atoms with E-state index in [0.29, 0.717) is 23.0 Å². The first kappa shape index (κ1) is 29.2. The predicted octanol–water partition coefficient (Wildman–Crippen LogP) is 4.17. The van der Waals surface area contributed by atoms with Crippen LogP contribution in [0, 0.1) is 0 Å². The number of thioether (sulfide) groups is 1. The number of ether oxygens (including phenoxy) is 2. The van der Waals surface area contributed by atoms with Gasteiger partial charge < -0.3 is 19.0 Å². The lowest BCUT2D eigenvalue weighted by Gasteiger charge is -2.14. The van der Waals surface area contributed by atoms with Crippen molar-refractivity contribution in [1.82, 2.24) is 4.90 Å². The number of rotatable bonds is 9. The number of halogens is 1. The molecule has 11 nitrogen and oxygen atoms in total. The van der Waals surface area contributed by atoms with Gasteiger partial charge in [-0.3, -0.25) is 24.1 Å². The number of hydrogen-bond acceptors (Lipinski definition) is 10. The lowest BCUT2D eigenvalue weighted by Crippen LogP contribution is -2.35. The van der Waals surface area contributed by atoms with Crippen molar-refractivity contribution in [3.63, 3.8) is 0 Å². The second-order valence-corrected chi connectivity index (χ2v) is 11.5. The van der Waals surface area contributed by atoms with E-state index in [-0.39, 0.29) is 31.7 Å². The van der Waals surface area contributed by atoms with Crippen LogP contribution in [0.3, 0.4) is 0 Å². The van der Waals surface area contributed by atoms with Crippen LogP contribution in [0.2, 0.25) is 0 Å². The highest BCUT2D eigenvalue weighted by Gasteiger charge is 2.37. The van der Waals surface area contributed by atoms with Crippen molar-refractivity contribution < 1.29 is 41.3 Å². The summed E-state index contributed by atoms with van der Waals surface area (Å²) in [6.45, 7) is 4.12. The molecule has 0 unspecified atom stereocenters. The van der Waals surface area contributed by atoms with Crippen molar-refractivity contribution >= 4 is 72.6 Å². The van der Waals surface area contributed by atoms with E-state index in [1.165, 1.54) is 56.5 Å². The second kappa shape index (κ2) is 12.0. The summed E-state index contributed by atoms with van der Waals surface area (Å²) in [5, 5.41) is 1.92. The Kier molecular flexibility index (Phi) is 9.22. The third kappa shape index (κ3) is 7.14. The molecule has 1 aliphatic rings. The number of esters is 1. The molecule has 0 aliphatic carbocycles. The summed E-state index contributed by atoms with van der Waals surface area (Å²) in [4.78, 5) is 48.8. The molecule has 14 heteroatoms. The topological polar surface area (TPSA) is 145 Å². The van der Waals surface area contributed by atoms with E-state index in [0.717, 1.165) is 4.90 Å². The first-order chi connectivity index (χ1) is 17.8. The zero-order valence-corrected chi connectivity index (χ0v) is 23.9. The van der Waals surface area contributed by atoms with Gasteiger partial charge in [-0.1, -0.05) is 0 Å². The summed E-state index contributed by atoms with van der Waals surface area (Å²) in [5.74, 6) is -1.78. The summed E-state index contributed by atoms with van der Waals surface area (Å²) in [7, 11) is -2.98. The highest BCUT2D eigenvalue weighted by Crippen LogP contribution is 2.40. The summed E-state index contributed by atoms with van der Waals surface area (Å²) in [5.41, 5.74) is 0.814. The van der Waals surface area contributed by atoms with Crippen molar-refractivity contribution in [2.24, 2.45) is 0 Å². The fourth-order valence-electron chi connectivity index (χ4n) is 3.19.